The lowest BCUT2D eigenvalue weighted by Gasteiger charge is -2.37. The normalized spacial score (nSPS) is 15.9. The van der Waals surface area contributed by atoms with Crippen LogP contribution in [0.4, 0.5) is 0 Å². The van der Waals surface area contributed by atoms with E-state index in [1.807, 2.05) is 0 Å². The van der Waals surface area contributed by atoms with Crippen molar-refractivity contribution in [2.24, 2.45) is 0 Å². The topological polar surface area (TPSA) is 174 Å². The van der Waals surface area contributed by atoms with Crippen LogP contribution in [0.3, 0.4) is 0 Å². The summed E-state index contributed by atoms with van der Waals surface area (Å²) in [7, 11) is 7.36. The summed E-state index contributed by atoms with van der Waals surface area (Å²) in [6.45, 7) is 10.3. The van der Waals surface area contributed by atoms with E-state index in [2.05, 4.69) is 33.7 Å². The molecule has 2 rings (SSSR count). The largest absolute Gasteiger partial charge is 0.463 e. The van der Waals surface area contributed by atoms with E-state index < -0.39 is 0 Å². The molecule has 0 aliphatic carbocycles. The molecule has 58 heavy (non-hydrogen) atoms. The van der Waals surface area contributed by atoms with Crippen LogP contribution in [-0.2, 0) is 66.5 Å². The third-order valence-corrected chi connectivity index (χ3v) is 10.0. The molecule has 0 amide bonds. The molecule has 0 aromatic heterocycles. The monoisotopic (exact) mass is 835 g/mol. The Kier molecular flexibility index (Phi) is 30.5. The molecule has 2 fully saturated rings. The third-order valence-electron chi connectivity index (χ3n) is 10.0. The number of carbonyl (C=O) groups excluding carboxylic acids is 4. The van der Waals surface area contributed by atoms with Gasteiger partial charge in [-0.25, -0.2) is 0 Å². The van der Waals surface area contributed by atoms with Crippen LogP contribution < -0.4 is 0 Å². The number of nitrogens with zero attached hydrogens (tertiary/aromatic N) is 4. The number of carbonyl (C=O) groups is 4. The molecule has 18 heteroatoms. The second-order valence-electron chi connectivity index (χ2n) is 14.5. The minimum atomic E-state index is -0.306. The van der Waals surface area contributed by atoms with Crippen molar-refractivity contribution in [1.29, 1.82) is 0 Å². The predicted molar refractivity (Wildman–Crippen MR) is 214 cm³/mol. The summed E-state index contributed by atoms with van der Waals surface area (Å²) in [6.07, 6.45) is 4.89. The van der Waals surface area contributed by atoms with E-state index in [0.29, 0.717) is 91.1 Å². The average Bonchev–Trinajstić information content (AvgIpc) is 3.22. The van der Waals surface area contributed by atoms with Crippen molar-refractivity contribution in [2.75, 3.05) is 173 Å². The third kappa shape index (κ3) is 26.6. The van der Waals surface area contributed by atoms with Gasteiger partial charge < -0.3 is 57.2 Å². The standard InChI is InChI=1S/C40H74N4O14/c1-41-13-5-35(6-14-41)43(17-9-37(45)55-31-22-50-4)18-11-39(47)57-33-29-53-26-24-52-25-27-54-30-34-58-40(48)12-20-44(36-7-15-42(2)16-8-36)19-10-38(46)56-32-28-51-23-21-49-3/h35-36H,5-34H2,1-4H3. The molecule has 0 spiro atoms. The maximum absolute atomic E-state index is 12.5. The van der Waals surface area contributed by atoms with E-state index in [1.54, 1.807) is 14.2 Å². The van der Waals surface area contributed by atoms with Gasteiger partial charge in [0, 0.05) is 52.5 Å². The highest BCUT2D eigenvalue weighted by Gasteiger charge is 2.26. The number of hydrogen-bond acceptors (Lipinski definition) is 18. The zero-order valence-electron chi connectivity index (χ0n) is 35.9. The lowest BCUT2D eigenvalue weighted by atomic mass is 10.0. The molecular formula is C40H74N4O14. The number of esters is 4. The van der Waals surface area contributed by atoms with Crippen LogP contribution in [0.25, 0.3) is 0 Å². The summed E-state index contributed by atoms with van der Waals surface area (Å²) in [5.41, 5.74) is 0. The minimum Gasteiger partial charge on any atom is -0.463 e. The second-order valence-corrected chi connectivity index (χ2v) is 14.5. The zero-order chi connectivity index (χ0) is 42.1. The van der Waals surface area contributed by atoms with Gasteiger partial charge in [-0.3, -0.25) is 29.0 Å². The number of rotatable bonds is 35. The van der Waals surface area contributed by atoms with Crippen LogP contribution in [0.2, 0.25) is 0 Å². The maximum Gasteiger partial charge on any atom is 0.307 e. The molecule has 338 valence electrons. The summed E-state index contributed by atoms with van der Waals surface area (Å²) >= 11 is 0. The van der Waals surface area contributed by atoms with Gasteiger partial charge in [0.1, 0.15) is 26.4 Å². The van der Waals surface area contributed by atoms with Gasteiger partial charge in [0.25, 0.3) is 0 Å². The first-order valence-corrected chi connectivity index (χ1v) is 21.0. The van der Waals surface area contributed by atoms with Crippen LogP contribution in [-0.4, -0.2) is 229 Å². The van der Waals surface area contributed by atoms with E-state index in [9.17, 15) is 19.2 Å². The first-order chi connectivity index (χ1) is 28.2. The molecule has 0 atom stereocenters. The second kappa shape index (κ2) is 34.2. The van der Waals surface area contributed by atoms with Gasteiger partial charge in [0.15, 0.2) is 0 Å². The molecule has 0 aromatic rings. The van der Waals surface area contributed by atoms with Crippen molar-refractivity contribution >= 4 is 23.9 Å². The number of methoxy groups -OCH3 is 2. The van der Waals surface area contributed by atoms with E-state index >= 15 is 0 Å². The maximum atomic E-state index is 12.5. The van der Waals surface area contributed by atoms with Crippen molar-refractivity contribution in [1.82, 2.24) is 19.6 Å². The molecule has 0 N–H and O–H groups in total. The Balaban J connectivity index is 1.48. The van der Waals surface area contributed by atoms with Crippen LogP contribution in [0.5, 0.6) is 0 Å². The predicted octanol–water partition coefficient (Wildman–Crippen LogP) is 0.871. The smallest absolute Gasteiger partial charge is 0.307 e. The van der Waals surface area contributed by atoms with Gasteiger partial charge in [0.05, 0.1) is 91.8 Å². The molecule has 2 heterocycles. The van der Waals surface area contributed by atoms with Gasteiger partial charge in [-0.2, -0.15) is 0 Å². The summed E-state index contributed by atoms with van der Waals surface area (Å²) in [6, 6.07) is 0.606. The van der Waals surface area contributed by atoms with Gasteiger partial charge in [0.2, 0.25) is 0 Å². The number of likely N-dealkylation sites (tertiary alicyclic amines) is 2. The van der Waals surface area contributed by atoms with Gasteiger partial charge >= 0.3 is 23.9 Å². The van der Waals surface area contributed by atoms with Crippen molar-refractivity contribution in [2.45, 2.75) is 63.5 Å². The zero-order valence-corrected chi connectivity index (χ0v) is 35.9. The molecular weight excluding hydrogens is 760 g/mol. The molecule has 2 saturated heterocycles. The number of piperidine rings is 2. The Morgan fingerprint density at radius 1 is 0.414 bits per heavy atom. The fourth-order valence-corrected chi connectivity index (χ4v) is 6.57. The lowest BCUT2D eigenvalue weighted by molar-refractivity contribution is -0.147. The Morgan fingerprint density at radius 3 is 0.948 bits per heavy atom. The van der Waals surface area contributed by atoms with Gasteiger partial charge in [-0.05, 0) is 66.0 Å². The first kappa shape index (κ1) is 51.6. The van der Waals surface area contributed by atoms with Crippen molar-refractivity contribution < 1.29 is 66.5 Å². The van der Waals surface area contributed by atoms with Gasteiger partial charge in [-0.15, -0.1) is 0 Å². The highest BCUT2D eigenvalue weighted by molar-refractivity contribution is 5.71. The molecule has 0 aromatic carbocycles. The molecule has 0 radical (unpaired) electrons. The Labute approximate surface area is 346 Å². The fourth-order valence-electron chi connectivity index (χ4n) is 6.57. The molecule has 2 aliphatic rings. The van der Waals surface area contributed by atoms with Gasteiger partial charge in [-0.1, -0.05) is 0 Å². The number of ether oxygens (including phenoxy) is 10. The molecule has 0 saturated carbocycles. The van der Waals surface area contributed by atoms with E-state index in [-0.39, 0.29) is 89.2 Å². The lowest BCUT2D eigenvalue weighted by Crippen LogP contribution is -2.45. The van der Waals surface area contributed by atoms with E-state index in [0.717, 1.165) is 51.9 Å². The molecule has 2 aliphatic heterocycles. The van der Waals surface area contributed by atoms with E-state index in [4.69, 9.17) is 47.4 Å². The Bertz CT molecular complexity index is 1080. The highest BCUT2D eigenvalue weighted by atomic mass is 16.6. The van der Waals surface area contributed by atoms with E-state index in [1.165, 1.54) is 0 Å². The Hall–Kier alpha value is -2.52. The summed E-state index contributed by atoms with van der Waals surface area (Å²) in [4.78, 5) is 58.3. The van der Waals surface area contributed by atoms with Crippen LogP contribution in [0, 0.1) is 0 Å². The summed E-state index contributed by atoms with van der Waals surface area (Å²) in [5.74, 6) is -1.16. The molecule has 0 unspecified atom stereocenters. The van der Waals surface area contributed by atoms with Crippen LogP contribution >= 0.6 is 0 Å². The van der Waals surface area contributed by atoms with Crippen molar-refractivity contribution in [3.63, 3.8) is 0 Å². The first-order valence-electron chi connectivity index (χ1n) is 21.0. The summed E-state index contributed by atoms with van der Waals surface area (Å²) < 4.78 is 53.0. The SMILES string of the molecule is COCCOCCOC(=O)CCN(CCC(=O)OCCOCCOCCOCCOC(=O)CCN(CCC(=O)OCCOC)C1CCN(C)CC1)C1CCN(C)CC1. The van der Waals surface area contributed by atoms with Crippen molar-refractivity contribution in [3.8, 4) is 0 Å². The molecule has 0 bridgehead atoms. The number of hydrogen-bond donors (Lipinski definition) is 0. The van der Waals surface area contributed by atoms with Crippen LogP contribution in [0.1, 0.15) is 51.4 Å². The summed E-state index contributed by atoms with van der Waals surface area (Å²) in [5, 5.41) is 0. The quantitative estimate of drug-likeness (QED) is 0.0500. The highest BCUT2D eigenvalue weighted by Crippen LogP contribution is 2.18. The van der Waals surface area contributed by atoms with Crippen LogP contribution in [0.15, 0.2) is 0 Å². The average molecular weight is 835 g/mol. The Morgan fingerprint density at radius 2 is 0.655 bits per heavy atom. The van der Waals surface area contributed by atoms with Crippen molar-refractivity contribution in [3.05, 3.63) is 0 Å². The fraction of sp³-hybridized carbons (Fsp3) is 0.900. The molecule has 18 nitrogen and oxygen atoms in total. The minimum absolute atomic E-state index is 0.147.